The molecule has 1 aromatic carbocycles. The predicted octanol–water partition coefficient (Wildman–Crippen LogP) is 3.26. The van der Waals surface area contributed by atoms with Crippen molar-refractivity contribution in [3.8, 4) is 0 Å². The molecule has 2 aromatic rings. The van der Waals surface area contributed by atoms with Crippen molar-refractivity contribution in [1.29, 1.82) is 0 Å². The van der Waals surface area contributed by atoms with Crippen LogP contribution in [-0.4, -0.2) is 10.8 Å². The highest BCUT2D eigenvalue weighted by Crippen LogP contribution is 2.16. The van der Waals surface area contributed by atoms with Crippen molar-refractivity contribution >= 4 is 11.8 Å². The third kappa shape index (κ3) is 2.02. The maximum atomic E-state index is 2.26. The molecule has 0 aliphatic heterocycles. The minimum atomic E-state index is 0.962. The first-order valence-electron chi connectivity index (χ1n) is 4.63. The van der Waals surface area contributed by atoms with Crippen LogP contribution in [0.15, 0.2) is 53.7 Å². The molecule has 0 spiro atoms. The van der Waals surface area contributed by atoms with Gasteiger partial charge in [-0.2, -0.15) is 0 Å². The second-order valence-corrected chi connectivity index (χ2v) is 3.99. The molecule has 0 bridgehead atoms. The second kappa shape index (κ2) is 4.38. The van der Waals surface area contributed by atoms with Gasteiger partial charge >= 0.3 is 0 Å². The lowest BCUT2D eigenvalue weighted by Crippen LogP contribution is -1.98. The summed E-state index contributed by atoms with van der Waals surface area (Å²) in [6.07, 6.45) is 4.23. The summed E-state index contributed by atoms with van der Waals surface area (Å²) in [5, 5.41) is 1.31. The number of hydrogen-bond acceptors (Lipinski definition) is 1. The Labute approximate surface area is 88.8 Å². The zero-order valence-corrected chi connectivity index (χ0v) is 9.00. The van der Waals surface area contributed by atoms with Gasteiger partial charge in [0.1, 0.15) is 0 Å². The van der Waals surface area contributed by atoms with E-state index in [2.05, 4.69) is 59.5 Å². The van der Waals surface area contributed by atoms with Crippen LogP contribution in [0.5, 0.6) is 0 Å². The Morgan fingerprint density at radius 3 is 2.57 bits per heavy atom. The van der Waals surface area contributed by atoms with Crippen LogP contribution in [0.1, 0.15) is 5.56 Å². The van der Waals surface area contributed by atoms with Gasteiger partial charge in [-0.3, -0.25) is 0 Å². The average molecular weight is 203 g/mol. The number of hydrogen-bond donors (Lipinski definition) is 0. The highest BCUT2D eigenvalue weighted by Gasteiger charge is 1.98. The van der Waals surface area contributed by atoms with Crippen LogP contribution in [0, 0.1) is 0 Å². The third-order valence-electron chi connectivity index (χ3n) is 2.19. The summed E-state index contributed by atoms with van der Waals surface area (Å²) in [6.45, 7) is 0.962. The smallest absolute Gasteiger partial charge is 0.0748 e. The number of nitrogens with zero attached hydrogens (tertiary/aromatic N) is 1. The SMILES string of the molecule is CSc1cccn1Cc1ccccc1. The van der Waals surface area contributed by atoms with Crippen LogP contribution in [0.3, 0.4) is 0 Å². The minimum absolute atomic E-state index is 0.962. The topological polar surface area (TPSA) is 4.93 Å². The summed E-state index contributed by atoms with van der Waals surface area (Å²) in [5.74, 6) is 0. The molecule has 0 aliphatic carbocycles. The molecule has 1 aromatic heterocycles. The Morgan fingerprint density at radius 2 is 1.86 bits per heavy atom. The van der Waals surface area contributed by atoms with E-state index in [-0.39, 0.29) is 0 Å². The molecule has 0 unspecified atom stereocenters. The number of benzene rings is 1. The fourth-order valence-corrected chi connectivity index (χ4v) is 2.07. The Kier molecular flexibility index (Phi) is 2.94. The summed E-state index contributed by atoms with van der Waals surface area (Å²) in [5.41, 5.74) is 1.35. The molecular formula is C12H13NS. The van der Waals surface area contributed by atoms with E-state index in [4.69, 9.17) is 0 Å². The summed E-state index contributed by atoms with van der Waals surface area (Å²) in [7, 11) is 0. The largest absolute Gasteiger partial charge is 0.338 e. The Balaban J connectivity index is 2.19. The van der Waals surface area contributed by atoms with Crippen molar-refractivity contribution in [3.05, 3.63) is 54.2 Å². The number of thioether (sulfide) groups is 1. The first-order valence-corrected chi connectivity index (χ1v) is 5.85. The zero-order valence-electron chi connectivity index (χ0n) is 8.18. The Hall–Kier alpha value is -1.15. The van der Waals surface area contributed by atoms with Gasteiger partial charge in [-0.15, -0.1) is 11.8 Å². The summed E-state index contributed by atoms with van der Waals surface area (Å²) >= 11 is 1.78. The standard InChI is InChI=1S/C12H13NS/c1-14-12-8-5-9-13(12)10-11-6-3-2-4-7-11/h2-9H,10H2,1H3. The monoisotopic (exact) mass is 203 g/mol. The van der Waals surface area contributed by atoms with Gasteiger partial charge in [0.05, 0.1) is 5.03 Å². The molecule has 72 valence electrons. The predicted molar refractivity (Wildman–Crippen MR) is 61.8 cm³/mol. The maximum Gasteiger partial charge on any atom is 0.0748 e. The van der Waals surface area contributed by atoms with E-state index in [1.54, 1.807) is 11.8 Å². The van der Waals surface area contributed by atoms with Crippen molar-refractivity contribution in [1.82, 2.24) is 4.57 Å². The van der Waals surface area contributed by atoms with Crippen molar-refractivity contribution in [2.45, 2.75) is 11.6 Å². The molecule has 2 heteroatoms. The molecule has 0 fully saturated rings. The van der Waals surface area contributed by atoms with Gasteiger partial charge in [0.2, 0.25) is 0 Å². The first kappa shape index (κ1) is 9.41. The van der Waals surface area contributed by atoms with Crippen LogP contribution in [0.25, 0.3) is 0 Å². The van der Waals surface area contributed by atoms with Crippen LogP contribution in [-0.2, 0) is 6.54 Å². The van der Waals surface area contributed by atoms with E-state index in [1.165, 1.54) is 10.6 Å². The molecule has 2 rings (SSSR count). The lowest BCUT2D eigenvalue weighted by molar-refractivity contribution is 0.735. The van der Waals surface area contributed by atoms with Crippen molar-refractivity contribution in [3.63, 3.8) is 0 Å². The molecule has 0 N–H and O–H groups in total. The van der Waals surface area contributed by atoms with Crippen molar-refractivity contribution < 1.29 is 0 Å². The van der Waals surface area contributed by atoms with Gasteiger partial charge in [0.15, 0.2) is 0 Å². The van der Waals surface area contributed by atoms with Gasteiger partial charge in [0.25, 0.3) is 0 Å². The third-order valence-corrected chi connectivity index (χ3v) is 2.98. The molecule has 0 atom stereocenters. The van der Waals surface area contributed by atoms with Crippen LogP contribution in [0.2, 0.25) is 0 Å². The lowest BCUT2D eigenvalue weighted by atomic mass is 10.2. The Bertz CT molecular complexity index is 392. The fraction of sp³-hybridized carbons (Fsp3) is 0.167. The van der Waals surface area contributed by atoms with Gasteiger partial charge in [-0.25, -0.2) is 0 Å². The van der Waals surface area contributed by atoms with Gasteiger partial charge in [-0.1, -0.05) is 30.3 Å². The molecule has 0 aliphatic rings. The van der Waals surface area contributed by atoms with E-state index in [1.807, 2.05) is 0 Å². The number of rotatable bonds is 3. The molecule has 0 amide bonds. The molecule has 1 heterocycles. The Morgan fingerprint density at radius 1 is 1.07 bits per heavy atom. The van der Waals surface area contributed by atoms with E-state index in [9.17, 15) is 0 Å². The molecular weight excluding hydrogens is 190 g/mol. The summed E-state index contributed by atoms with van der Waals surface area (Å²) < 4.78 is 2.26. The molecule has 0 saturated carbocycles. The molecule has 0 saturated heterocycles. The van der Waals surface area contributed by atoms with Crippen LogP contribution < -0.4 is 0 Å². The highest BCUT2D eigenvalue weighted by atomic mass is 32.2. The van der Waals surface area contributed by atoms with Crippen LogP contribution in [0.4, 0.5) is 0 Å². The molecule has 0 radical (unpaired) electrons. The highest BCUT2D eigenvalue weighted by molar-refractivity contribution is 7.98. The zero-order chi connectivity index (χ0) is 9.80. The second-order valence-electron chi connectivity index (χ2n) is 3.16. The number of aromatic nitrogens is 1. The quantitative estimate of drug-likeness (QED) is 0.693. The fourth-order valence-electron chi connectivity index (χ4n) is 1.49. The van der Waals surface area contributed by atoms with E-state index in [0.717, 1.165) is 6.54 Å². The van der Waals surface area contributed by atoms with Gasteiger partial charge in [-0.05, 0) is 24.0 Å². The first-order chi connectivity index (χ1) is 6.90. The van der Waals surface area contributed by atoms with Crippen LogP contribution >= 0.6 is 11.8 Å². The van der Waals surface area contributed by atoms with E-state index >= 15 is 0 Å². The normalized spacial score (nSPS) is 10.4. The minimum Gasteiger partial charge on any atom is -0.338 e. The van der Waals surface area contributed by atoms with Crippen molar-refractivity contribution in [2.75, 3.05) is 6.26 Å². The van der Waals surface area contributed by atoms with E-state index < -0.39 is 0 Å². The lowest BCUT2D eigenvalue weighted by Gasteiger charge is -2.06. The summed E-state index contributed by atoms with van der Waals surface area (Å²) in [4.78, 5) is 0. The molecule has 14 heavy (non-hydrogen) atoms. The van der Waals surface area contributed by atoms with Gasteiger partial charge < -0.3 is 4.57 Å². The van der Waals surface area contributed by atoms with Crippen molar-refractivity contribution in [2.24, 2.45) is 0 Å². The summed E-state index contributed by atoms with van der Waals surface area (Å²) in [6, 6.07) is 14.8. The van der Waals surface area contributed by atoms with E-state index in [0.29, 0.717) is 0 Å². The maximum absolute atomic E-state index is 2.26. The average Bonchev–Trinajstić information content (AvgIpc) is 2.67. The van der Waals surface area contributed by atoms with Gasteiger partial charge in [0, 0.05) is 12.7 Å². The molecule has 1 nitrogen and oxygen atoms in total.